The molecule has 140 valence electrons. The number of aromatic hydroxyl groups is 1. The minimum atomic E-state index is -0.741. The van der Waals surface area contributed by atoms with Crippen LogP contribution in [0.2, 0.25) is 0 Å². The Bertz CT molecular complexity index is 768. The zero-order valence-corrected chi connectivity index (χ0v) is 14.9. The van der Waals surface area contributed by atoms with Crippen molar-refractivity contribution in [3.63, 3.8) is 0 Å². The number of halogens is 1. The van der Waals surface area contributed by atoms with Crippen molar-refractivity contribution in [3.8, 4) is 5.75 Å². The number of amides is 2. The van der Waals surface area contributed by atoms with Gasteiger partial charge in [-0.25, -0.2) is 4.39 Å². The molecule has 3 saturated heterocycles. The molecule has 3 heterocycles. The monoisotopic (exact) mass is 362 g/mol. The van der Waals surface area contributed by atoms with Crippen molar-refractivity contribution >= 4 is 11.8 Å². The van der Waals surface area contributed by atoms with Crippen molar-refractivity contribution in [2.75, 3.05) is 13.2 Å². The highest BCUT2D eigenvalue weighted by atomic mass is 19.1. The summed E-state index contributed by atoms with van der Waals surface area (Å²) in [6.45, 7) is 5.18. The van der Waals surface area contributed by atoms with Crippen molar-refractivity contribution in [1.82, 2.24) is 9.80 Å². The molecule has 1 aromatic rings. The number of rotatable bonds is 3. The molecule has 1 N–H and O–H groups in total. The van der Waals surface area contributed by atoms with E-state index in [1.54, 1.807) is 4.90 Å². The fourth-order valence-corrected chi connectivity index (χ4v) is 4.61. The number of hydrogen-bond acceptors (Lipinski definition) is 4. The van der Waals surface area contributed by atoms with Gasteiger partial charge in [-0.15, -0.1) is 0 Å². The van der Waals surface area contributed by atoms with Crippen LogP contribution in [0.5, 0.6) is 5.75 Å². The minimum absolute atomic E-state index is 0.0333. The molecule has 0 saturated carbocycles. The Kier molecular flexibility index (Phi) is 3.95. The maximum absolute atomic E-state index is 13.5. The summed E-state index contributed by atoms with van der Waals surface area (Å²) < 4.78 is 19.6. The molecule has 1 spiro atoms. The summed E-state index contributed by atoms with van der Waals surface area (Å²) in [6.07, 6.45) is 0.923. The van der Waals surface area contributed by atoms with E-state index >= 15 is 0 Å². The predicted molar refractivity (Wildman–Crippen MR) is 90.7 cm³/mol. The van der Waals surface area contributed by atoms with Gasteiger partial charge in [0.05, 0.1) is 31.5 Å². The molecule has 0 aromatic heterocycles. The van der Waals surface area contributed by atoms with E-state index < -0.39 is 17.3 Å². The molecule has 3 aliphatic rings. The van der Waals surface area contributed by atoms with Crippen LogP contribution in [0.4, 0.5) is 4.39 Å². The lowest BCUT2D eigenvalue weighted by atomic mass is 10.0. The van der Waals surface area contributed by atoms with Crippen LogP contribution in [0.3, 0.4) is 0 Å². The smallest absolute Gasteiger partial charge is 0.227 e. The molecule has 0 aliphatic carbocycles. The van der Waals surface area contributed by atoms with Crippen LogP contribution >= 0.6 is 0 Å². The zero-order chi connectivity index (χ0) is 18.6. The molecule has 6 nitrogen and oxygen atoms in total. The highest BCUT2D eigenvalue weighted by Gasteiger charge is 2.65. The molecule has 0 unspecified atom stereocenters. The van der Waals surface area contributed by atoms with Gasteiger partial charge in [0.15, 0.2) is 17.3 Å². The summed E-state index contributed by atoms with van der Waals surface area (Å²) >= 11 is 0. The van der Waals surface area contributed by atoms with Gasteiger partial charge in [-0.3, -0.25) is 9.59 Å². The topological polar surface area (TPSA) is 70.1 Å². The number of nitrogens with zero attached hydrogens (tertiary/aromatic N) is 2. The molecule has 3 aliphatic heterocycles. The summed E-state index contributed by atoms with van der Waals surface area (Å²) in [5, 5.41) is 9.28. The number of hydrogen-bond donors (Lipinski definition) is 1. The van der Waals surface area contributed by atoms with Crippen LogP contribution in [0, 0.1) is 11.7 Å². The Morgan fingerprint density at radius 3 is 2.92 bits per heavy atom. The molecule has 7 heteroatoms. The number of phenols is 1. The second-order valence-corrected chi connectivity index (χ2v) is 7.75. The molecule has 26 heavy (non-hydrogen) atoms. The SMILES string of the molecule is CC(C)[C@@H]1CO[C@@]23CCN(C(=O)Cc4ccc(O)c(F)c4)[C@@H]2CC(=O)N13. The summed E-state index contributed by atoms with van der Waals surface area (Å²) in [5.74, 6) is -0.990. The second-order valence-electron chi connectivity index (χ2n) is 7.75. The number of carbonyl (C=O) groups is 2. The summed E-state index contributed by atoms with van der Waals surface area (Å²) in [4.78, 5) is 29.0. The first-order valence-electron chi connectivity index (χ1n) is 9.06. The quantitative estimate of drug-likeness (QED) is 0.888. The molecule has 0 bridgehead atoms. The summed E-state index contributed by atoms with van der Waals surface area (Å²) in [7, 11) is 0. The van der Waals surface area contributed by atoms with Gasteiger partial charge in [0.2, 0.25) is 11.8 Å². The zero-order valence-electron chi connectivity index (χ0n) is 14.9. The maximum atomic E-state index is 13.5. The van der Waals surface area contributed by atoms with E-state index in [0.717, 1.165) is 0 Å². The Morgan fingerprint density at radius 2 is 2.23 bits per heavy atom. The molecule has 2 amide bonds. The average molecular weight is 362 g/mol. The third-order valence-electron chi connectivity index (χ3n) is 5.95. The normalized spacial score (nSPS) is 30.2. The number of ether oxygens (including phenoxy) is 1. The van der Waals surface area contributed by atoms with E-state index in [-0.39, 0.29) is 36.7 Å². The minimum Gasteiger partial charge on any atom is -0.505 e. The first-order chi connectivity index (χ1) is 12.3. The average Bonchev–Trinajstić information content (AvgIpc) is 3.20. The lowest BCUT2D eigenvalue weighted by molar-refractivity contribution is -0.141. The molecular weight excluding hydrogens is 339 g/mol. The third kappa shape index (κ3) is 2.40. The van der Waals surface area contributed by atoms with Gasteiger partial charge < -0.3 is 19.6 Å². The largest absolute Gasteiger partial charge is 0.505 e. The van der Waals surface area contributed by atoms with Crippen molar-refractivity contribution in [2.24, 2.45) is 5.92 Å². The fourth-order valence-electron chi connectivity index (χ4n) is 4.61. The number of carbonyl (C=O) groups excluding carboxylic acids is 2. The molecule has 3 fully saturated rings. The fraction of sp³-hybridized carbons (Fsp3) is 0.579. The standard InChI is InChI=1S/C19H23FN2O4/c1-11(2)14-10-26-19-5-6-21(16(19)9-18(25)22(14)19)17(24)8-12-3-4-15(23)13(20)7-12/h3-4,7,11,14,16,23H,5-6,8-10H2,1-2H3/t14-,16+,19-/m0/s1. The van der Waals surface area contributed by atoms with Crippen LogP contribution in [-0.4, -0.2) is 57.7 Å². The molecule has 0 radical (unpaired) electrons. The highest BCUT2D eigenvalue weighted by Crippen LogP contribution is 2.48. The second kappa shape index (κ2) is 5.94. The van der Waals surface area contributed by atoms with Crippen LogP contribution in [0.25, 0.3) is 0 Å². The predicted octanol–water partition coefficient (Wildman–Crippen LogP) is 1.66. The van der Waals surface area contributed by atoms with Gasteiger partial charge in [0.1, 0.15) is 0 Å². The molecule has 3 atom stereocenters. The van der Waals surface area contributed by atoms with Gasteiger partial charge in [0.25, 0.3) is 0 Å². The van der Waals surface area contributed by atoms with Crippen molar-refractivity contribution in [1.29, 1.82) is 0 Å². The Balaban J connectivity index is 1.54. The van der Waals surface area contributed by atoms with E-state index in [0.29, 0.717) is 31.1 Å². The van der Waals surface area contributed by atoms with Crippen LogP contribution < -0.4 is 0 Å². The molecule has 1 aromatic carbocycles. The van der Waals surface area contributed by atoms with E-state index in [9.17, 15) is 19.1 Å². The summed E-state index contributed by atoms with van der Waals surface area (Å²) in [5.41, 5.74) is -0.193. The van der Waals surface area contributed by atoms with Gasteiger partial charge in [0, 0.05) is 13.0 Å². The summed E-state index contributed by atoms with van der Waals surface area (Å²) in [6, 6.07) is 3.72. The van der Waals surface area contributed by atoms with Gasteiger partial charge >= 0.3 is 0 Å². The lowest BCUT2D eigenvalue weighted by Gasteiger charge is -2.34. The van der Waals surface area contributed by atoms with Crippen LogP contribution in [-0.2, 0) is 20.7 Å². The van der Waals surface area contributed by atoms with Gasteiger partial charge in [-0.05, 0) is 23.6 Å². The Hall–Kier alpha value is -2.15. The maximum Gasteiger partial charge on any atom is 0.227 e. The molecular formula is C19H23FN2O4. The van der Waals surface area contributed by atoms with Crippen LogP contribution in [0.15, 0.2) is 18.2 Å². The van der Waals surface area contributed by atoms with E-state index in [1.807, 2.05) is 4.90 Å². The van der Waals surface area contributed by atoms with E-state index in [1.165, 1.54) is 18.2 Å². The van der Waals surface area contributed by atoms with Gasteiger partial charge in [-0.1, -0.05) is 19.9 Å². The first-order valence-corrected chi connectivity index (χ1v) is 9.06. The van der Waals surface area contributed by atoms with Crippen molar-refractivity contribution in [2.45, 2.75) is 50.9 Å². The lowest BCUT2D eigenvalue weighted by Crippen LogP contribution is -2.51. The highest BCUT2D eigenvalue weighted by molar-refractivity contribution is 5.85. The van der Waals surface area contributed by atoms with Crippen molar-refractivity contribution < 1.29 is 23.8 Å². The number of likely N-dealkylation sites (tertiary alicyclic amines) is 1. The van der Waals surface area contributed by atoms with Crippen LogP contribution in [0.1, 0.15) is 32.3 Å². The molecule has 4 rings (SSSR count). The van der Waals surface area contributed by atoms with Gasteiger partial charge in [-0.2, -0.15) is 0 Å². The third-order valence-corrected chi connectivity index (χ3v) is 5.95. The number of benzene rings is 1. The first kappa shape index (κ1) is 17.3. The van der Waals surface area contributed by atoms with E-state index in [2.05, 4.69) is 13.8 Å². The van der Waals surface area contributed by atoms with E-state index in [4.69, 9.17) is 4.74 Å². The number of phenolic OH excluding ortho intramolecular Hbond substituents is 1. The Labute approximate surface area is 151 Å². The van der Waals surface area contributed by atoms with Crippen molar-refractivity contribution in [3.05, 3.63) is 29.6 Å². The Morgan fingerprint density at radius 1 is 1.46 bits per heavy atom.